The molecule has 1 N–H and O–H groups in total. The number of aromatic amines is 1. The van der Waals surface area contributed by atoms with Crippen molar-refractivity contribution in [1.29, 1.82) is 5.26 Å². The smallest absolute Gasteiger partial charge is 0.221 e. The van der Waals surface area contributed by atoms with Crippen LogP contribution in [0.1, 0.15) is 5.56 Å². The molecule has 0 fully saturated rings. The lowest BCUT2D eigenvalue weighted by Gasteiger charge is -2.04. The highest BCUT2D eigenvalue weighted by Gasteiger charge is 2.15. The Bertz CT molecular complexity index is 1210. The number of aryl methyl sites for hydroxylation is 1. The standard InChI is InChI=1S/C19H14N4O2/c1-23-15-10-21-14-8-17(25-2)16(24)7-13(14)18(15)19(22-23)12-5-3-11(9-20)4-6-12/h3-8,10,22H,1-2H3. The van der Waals surface area contributed by atoms with E-state index in [0.29, 0.717) is 11.1 Å². The Kier molecular flexibility index (Phi) is 3.29. The van der Waals surface area contributed by atoms with E-state index < -0.39 is 0 Å². The second-order valence-corrected chi connectivity index (χ2v) is 5.77. The van der Waals surface area contributed by atoms with E-state index >= 15 is 0 Å². The molecule has 2 heterocycles. The monoisotopic (exact) mass is 330 g/mol. The summed E-state index contributed by atoms with van der Waals surface area (Å²) in [7, 11) is 3.37. The summed E-state index contributed by atoms with van der Waals surface area (Å²) in [5.74, 6) is 0.277. The van der Waals surface area contributed by atoms with Gasteiger partial charge >= 0.3 is 0 Å². The number of hydrogen-bond acceptors (Lipinski definition) is 4. The molecule has 0 amide bonds. The maximum atomic E-state index is 12.2. The topological polar surface area (TPSA) is 83.7 Å². The van der Waals surface area contributed by atoms with Crippen LogP contribution >= 0.6 is 0 Å². The molecule has 2 aromatic heterocycles. The number of rotatable bonds is 2. The molecule has 0 saturated heterocycles. The lowest BCUT2D eigenvalue weighted by molar-refractivity contribution is 0.411. The quantitative estimate of drug-likeness (QED) is 0.612. The summed E-state index contributed by atoms with van der Waals surface area (Å²) in [4.78, 5) is 16.7. The van der Waals surface area contributed by atoms with E-state index in [-0.39, 0.29) is 11.2 Å². The van der Waals surface area contributed by atoms with E-state index in [4.69, 9.17) is 10.00 Å². The molecule has 122 valence electrons. The Hall–Kier alpha value is -3.59. The third-order valence-electron chi connectivity index (χ3n) is 4.33. The largest absolute Gasteiger partial charge is 0.493 e. The second-order valence-electron chi connectivity index (χ2n) is 5.77. The average molecular weight is 330 g/mol. The van der Waals surface area contributed by atoms with Crippen LogP contribution in [0.4, 0.5) is 0 Å². The van der Waals surface area contributed by atoms with Gasteiger partial charge < -0.3 is 4.74 Å². The number of pyridine rings is 1. The number of methoxy groups -OCH3 is 1. The minimum Gasteiger partial charge on any atom is -0.493 e. The molecule has 0 aliphatic rings. The highest BCUT2D eigenvalue weighted by atomic mass is 16.5. The number of hydrogen-bond donors (Lipinski definition) is 1. The molecule has 0 radical (unpaired) electrons. The summed E-state index contributed by atoms with van der Waals surface area (Å²) in [6.07, 6.45) is 1.77. The van der Waals surface area contributed by atoms with Gasteiger partial charge in [-0.25, -0.2) is 0 Å². The lowest BCUT2D eigenvalue weighted by Crippen LogP contribution is -2.03. The summed E-state index contributed by atoms with van der Waals surface area (Å²) in [5, 5.41) is 14.0. The number of ether oxygens (including phenoxy) is 1. The number of nitrogens with zero attached hydrogens (tertiary/aromatic N) is 3. The highest BCUT2D eigenvalue weighted by molar-refractivity contribution is 6.11. The third-order valence-corrected chi connectivity index (χ3v) is 4.33. The van der Waals surface area contributed by atoms with Crippen LogP contribution in [0.5, 0.6) is 5.75 Å². The first kappa shape index (κ1) is 15.0. The fraction of sp³-hybridized carbons (Fsp3) is 0.105. The third kappa shape index (κ3) is 2.25. The molecular weight excluding hydrogens is 316 g/mol. The predicted octanol–water partition coefficient (Wildman–Crippen LogP) is 2.96. The van der Waals surface area contributed by atoms with Gasteiger partial charge in [0.25, 0.3) is 0 Å². The normalized spacial score (nSPS) is 10.9. The van der Waals surface area contributed by atoms with Crippen molar-refractivity contribution in [3.05, 3.63) is 58.4 Å². The molecule has 0 atom stereocenters. The molecule has 0 bridgehead atoms. The first-order valence-corrected chi connectivity index (χ1v) is 7.68. The Balaban J connectivity index is 2.09. The Morgan fingerprint density at radius 1 is 1.24 bits per heavy atom. The van der Waals surface area contributed by atoms with Crippen molar-refractivity contribution in [3.8, 4) is 23.1 Å². The van der Waals surface area contributed by atoms with E-state index in [1.807, 2.05) is 23.9 Å². The number of fused-ring (bicyclic) bond motifs is 3. The summed E-state index contributed by atoms with van der Waals surface area (Å²) in [6.45, 7) is 0. The fourth-order valence-corrected chi connectivity index (χ4v) is 3.07. The Morgan fingerprint density at radius 2 is 2.00 bits per heavy atom. The number of H-pyrrole nitrogens is 1. The number of aromatic nitrogens is 3. The summed E-state index contributed by atoms with van der Waals surface area (Å²) >= 11 is 0. The van der Waals surface area contributed by atoms with Gasteiger partial charge in [-0.15, -0.1) is 0 Å². The number of benzene rings is 2. The number of nitriles is 1. The maximum absolute atomic E-state index is 12.2. The Labute approximate surface area is 142 Å². The lowest BCUT2D eigenvalue weighted by atomic mass is 10.0. The van der Waals surface area contributed by atoms with Crippen molar-refractivity contribution < 1.29 is 4.74 Å². The van der Waals surface area contributed by atoms with Crippen LogP contribution in [0.25, 0.3) is 33.1 Å². The minimum atomic E-state index is -0.182. The van der Waals surface area contributed by atoms with E-state index in [0.717, 1.165) is 27.5 Å². The summed E-state index contributed by atoms with van der Waals surface area (Å²) in [5.41, 5.74) is 3.80. The SMILES string of the molecule is COc1cc2ncc3c(c(-c4ccc(C#N)cc4)[nH]n3C)c2cc1=O. The van der Waals surface area contributed by atoms with Crippen molar-refractivity contribution in [3.63, 3.8) is 0 Å². The van der Waals surface area contributed by atoms with Crippen molar-refractivity contribution in [2.75, 3.05) is 7.11 Å². The van der Waals surface area contributed by atoms with Gasteiger partial charge in [0.15, 0.2) is 5.75 Å². The van der Waals surface area contributed by atoms with E-state index in [2.05, 4.69) is 16.2 Å². The van der Waals surface area contributed by atoms with E-state index in [1.165, 1.54) is 7.11 Å². The fourth-order valence-electron chi connectivity index (χ4n) is 3.07. The van der Waals surface area contributed by atoms with Gasteiger partial charge in [0.05, 0.1) is 41.7 Å². The minimum absolute atomic E-state index is 0.182. The van der Waals surface area contributed by atoms with Gasteiger partial charge in [0, 0.05) is 29.4 Å². The highest BCUT2D eigenvalue weighted by Crippen LogP contribution is 2.33. The van der Waals surface area contributed by atoms with Crippen molar-refractivity contribution in [1.82, 2.24) is 14.8 Å². The van der Waals surface area contributed by atoms with Crippen molar-refractivity contribution in [2.24, 2.45) is 7.05 Å². The van der Waals surface area contributed by atoms with Crippen LogP contribution in [0.15, 0.2) is 47.4 Å². The zero-order valence-electron chi connectivity index (χ0n) is 13.7. The summed E-state index contributed by atoms with van der Waals surface area (Å²) < 4.78 is 6.98. The summed E-state index contributed by atoms with van der Waals surface area (Å²) in [6, 6.07) is 12.7. The molecule has 4 rings (SSSR count). The van der Waals surface area contributed by atoms with Crippen LogP contribution in [-0.2, 0) is 7.05 Å². The van der Waals surface area contributed by atoms with Crippen LogP contribution in [0, 0.1) is 11.3 Å². The zero-order chi connectivity index (χ0) is 17.6. The van der Waals surface area contributed by atoms with Crippen LogP contribution in [0.2, 0.25) is 0 Å². The zero-order valence-corrected chi connectivity index (χ0v) is 13.7. The van der Waals surface area contributed by atoms with Gasteiger partial charge in [-0.1, -0.05) is 12.1 Å². The maximum Gasteiger partial charge on any atom is 0.221 e. The van der Waals surface area contributed by atoms with Gasteiger partial charge in [-0.2, -0.15) is 5.26 Å². The molecule has 0 spiro atoms. The Morgan fingerprint density at radius 3 is 2.68 bits per heavy atom. The van der Waals surface area contributed by atoms with Crippen molar-refractivity contribution >= 4 is 21.8 Å². The second kappa shape index (κ2) is 5.49. The molecule has 4 aromatic rings. The van der Waals surface area contributed by atoms with Gasteiger partial charge in [0.2, 0.25) is 5.43 Å². The molecule has 2 aromatic carbocycles. The van der Waals surface area contributed by atoms with Gasteiger partial charge in [-0.3, -0.25) is 19.6 Å². The van der Waals surface area contributed by atoms with Crippen molar-refractivity contribution in [2.45, 2.75) is 0 Å². The van der Waals surface area contributed by atoms with Crippen LogP contribution in [0.3, 0.4) is 0 Å². The first-order chi connectivity index (χ1) is 12.1. The van der Waals surface area contributed by atoms with E-state index in [9.17, 15) is 4.79 Å². The van der Waals surface area contributed by atoms with Gasteiger partial charge in [0.1, 0.15) is 0 Å². The van der Waals surface area contributed by atoms with E-state index in [1.54, 1.807) is 30.5 Å². The predicted molar refractivity (Wildman–Crippen MR) is 95.5 cm³/mol. The average Bonchev–Trinajstić information content (AvgIpc) is 2.98. The molecule has 0 saturated carbocycles. The number of nitrogens with one attached hydrogen (secondary N) is 1. The molecule has 6 heteroatoms. The molecule has 6 nitrogen and oxygen atoms in total. The van der Waals surface area contributed by atoms with Crippen LogP contribution < -0.4 is 10.2 Å². The van der Waals surface area contributed by atoms with Gasteiger partial charge in [-0.05, 0) is 18.2 Å². The molecule has 0 aliphatic carbocycles. The molecule has 0 aliphatic heterocycles. The first-order valence-electron chi connectivity index (χ1n) is 7.68. The molecule has 25 heavy (non-hydrogen) atoms. The van der Waals surface area contributed by atoms with Crippen LogP contribution in [-0.4, -0.2) is 21.9 Å². The molecular formula is C19H14N4O2. The molecule has 0 unspecified atom stereocenters.